The molecule has 11 heteroatoms. The van der Waals surface area contributed by atoms with E-state index in [2.05, 4.69) is 20.1 Å². The normalized spacial score (nSPS) is 19.2. The number of hydrogen-bond acceptors (Lipinski definition) is 7. The van der Waals surface area contributed by atoms with Crippen LogP contribution in [0.3, 0.4) is 0 Å². The zero-order valence-electron chi connectivity index (χ0n) is 17.7. The second-order valence-corrected chi connectivity index (χ2v) is 8.13. The van der Waals surface area contributed by atoms with Gasteiger partial charge in [-0.2, -0.15) is 5.01 Å². The molecule has 0 aliphatic carbocycles. The van der Waals surface area contributed by atoms with Gasteiger partial charge in [-0.15, -0.1) is 0 Å². The van der Waals surface area contributed by atoms with E-state index in [9.17, 15) is 23.6 Å². The summed E-state index contributed by atoms with van der Waals surface area (Å²) in [7, 11) is 0. The lowest BCUT2D eigenvalue weighted by Crippen LogP contribution is -2.58. The first kappa shape index (κ1) is 21.0. The van der Waals surface area contributed by atoms with Crippen molar-refractivity contribution in [2.24, 2.45) is 0 Å². The number of fused-ring (bicyclic) bond motifs is 1. The summed E-state index contributed by atoms with van der Waals surface area (Å²) in [6.45, 7) is 3.55. The molecule has 0 spiro atoms. The van der Waals surface area contributed by atoms with Crippen LogP contribution >= 0.6 is 0 Å². The maximum absolute atomic E-state index is 13.1. The summed E-state index contributed by atoms with van der Waals surface area (Å²) < 4.78 is 13.1. The molecule has 10 nitrogen and oxygen atoms in total. The van der Waals surface area contributed by atoms with Crippen molar-refractivity contribution in [2.75, 3.05) is 37.6 Å². The summed E-state index contributed by atoms with van der Waals surface area (Å²) in [4.78, 5) is 57.7. The monoisotopic (exact) mass is 452 g/mol. The van der Waals surface area contributed by atoms with Crippen molar-refractivity contribution < 1.29 is 23.6 Å². The second kappa shape index (κ2) is 8.24. The number of carbonyl (C=O) groups excluding carboxylic acids is 4. The van der Waals surface area contributed by atoms with Gasteiger partial charge in [0, 0.05) is 39.1 Å². The van der Waals surface area contributed by atoms with Crippen molar-refractivity contribution in [1.29, 1.82) is 0 Å². The Morgan fingerprint density at radius 1 is 0.909 bits per heavy atom. The molecule has 2 aromatic rings. The van der Waals surface area contributed by atoms with Gasteiger partial charge in [-0.25, -0.2) is 19.2 Å². The number of rotatable bonds is 4. The van der Waals surface area contributed by atoms with Crippen LogP contribution in [0.2, 0.25) is 0 Å². The van der Waals surface area contributed by atoms with Crippen LogP contribution in [-0.4, -0.2) is 76.4 Å². The fourth-order valence-corrected chi connectivity index (χ4v) is 4.29. The highest BCUT2D eigenvalue weighted by atomic mass is 19.1. The van der Waals surface area contributed by atoms with Gasteiger partial charge < -0.3 is 4.90 Å². The highest BCUT2D eigenvalue weighted by Gasteiger charge is 2.43. The number of hydrazine groups is 1. The Balaban J connectivity index is 1.25. The van der Waals surface area contributed by atoms with E-state index in [1.807, 2.05) is 0 Å². The van der Waals surface area contributed by atoms with Gasteiger partial charge >= 0.3 is 6.03 Å². The average Bonchev–Trinajstić information content (AvgIpc) is 3.05. The largest absolute Gasteiger partial charge is 0.354 e. The number of nitrogens with one attached hydrogen (secondary N) is 1. The summed E-state index contributed by atoms with van der Waals surface area (Å²) >= 11 is 0. The number of anilines is 1. The SMILES string of the molecule is O=C1CCN(N2C(=O)c3ccc(CN4CCN(c5ccc(F)cn5)CC4)cc3C2=O)C(=O)N1. The van der Waals surface area contributed by atoms with Crippen molar-refractivity contribution in [3.8, 4) is 0 Å². The van der Waals surface area contributed by atoms with E-state index in [1.165, 1.54) is 12.3 Å². The molecule has 2 saturated heterocycles. The molecule has 0 bridgehead atoms. The number of pyridine rings is 1. The number of amides is 5. The minimum atomic E-state index is -0.783. The third-order valence-electron chi connectivity index (χ3n) is 6.02. The second-order valence-electron chi connectivity index (χ2n) is 8.13. The molecule has 170 valence electrons. The van der Waals surface area contributed by atoms with Gasteiger partial charge in [0.15, 0.2) is 0 Å². The molecule has 3 aliphatic rings. The van der Waals surface area contributed by atoms with Gasteiger partial charge in [-0.3, -0.25) is 24.6 Å². The number of imide groups is 2. The van der Waals surface area contributed by atoms with E-state index in [-0.39, 0.29) is 29.9 Å². The zero-order chi connectivity index (χ0) is 23.1. The number of halogens is 1. The Kier molecular flexibility index (Phi) is 5.25. The zero-order valence-corrected chi connectivity index (χ0v) is 17.7. The van der Waals surface area contributed by atoms with Crippen molar-refractivity contribution in [1.82, 2.24) is 25.2 Å². The summed E-state index contributed by atoms with van der Waals surface area (Å²) in [5, 5.41) is 3.92. The van der Waals surface area contributed by atoms with Crippen LogP contribution in [0.4, 0.5) is 15.0 Å². The summed E-state index contributed by atoms with van der Waals surface area (Å²) in [5.74, 6) is -1.22. The van der Waals surface area contributed by atoms with E-state index >= 15 is 0 Å². The summed E-state index contributed by atoms with van der Waals surface area (Å²) in [6.07, 6.45) is 1.23. The molecule has 0 saturated carbocycles. The summed E-state index contributed by atoms with van der Waals surface area (Å²) in [5.41, 5.74) is 1.36. The van der Waals surface area contributed by atoms with E-state index in [0.717, 1.165) is 47.6 Å². The molecule has 33 heavy (non-hydrogen) atoms. The van der Waals surface area contributed by atoms with Crippen LogP contribution in [0.5, 0.6) is 0 Å². The van der Waals surface area contributed by atoms with Crippen molar-refractivity contribution in [3.05, 3.63) is 59.0 Å². The lowest BCUT2D eigenvalue weighted by atomic mass is 10.1. The molecule has 3 aliphatic heterocycles. The number of hydrogen-bond donors (Lipinski definition) is 1. The molecule has 0 unspecified atom stereocenters. The third-order valence-corrected chi connectivity index (χ3v) is 6.02. The van der Waals surface area contributed by atoms with Crippen LogP contribution < -0.4 is 10.2 Å². The smallest absolute Gasteiger partial charge is 0.343 e. The summed E-state index contributed by atoms with van der Waals surface area (Å²) in [6, 6.07) is 7.38. The standard InChI is InChI=1S/C22H21FN6O4/c23-15-2-4-18(24-12-15)27-9-7-26(8-10-27)13-14-1-3-16-17(11-14)21(32)29(20(16)31)28-6-5-19(30)25-22(28)33/h1-4,11-12H,5-10,13H2,(H,25,30,33). The highest BCUT2D eigenvalue weighted by Crippen LogP contribution is 2.27. The highest BCUT2D eigenvalue weighted by molar-refractivity contribution is 6.22. The maximum Gasteiger partial charge on any atom is 0.343 e. The number of carbonyl (C=O) groups is 4. The maximum atomic E-state index is 13.1. The van der Waals surface area contributed by atoms with Gasteiger partial charge in [-0.05, 0) is 29.8 Å². The van der Waals surface area contributed by atoms with Crippen molar-refractivity contribution in [2.45, 2.75) is 13.0 Å². The van der Waals surface area contributed by atoms with E-state index < -0.39 is 23.8 Å². The first-order chi connectivity index (χ1) is 15.9. The number of aromatic nitrogens is 1. The molecule has 5 rings (SSSR count). The fourth-order valence-electron chi connectivity index (χ4n) is 4.29. The van der Waals surface area contributed by atoms with Crippen LogP contribution in [0.25, 0.3) is 0 Å². The minimum absolute atomic E-state index is 0.0177. The predicted octanol–water partition coefficient (Wildman–Crippen LogP) is 0.996. The van der Waals surface area contributed by atoms with Gasteiger partial charge in [-0.1, -0.05) is 6.07 Å². The van der Waals surface area contributed by atoms with Gasteiger partial charge in [0.25, 0.3) is 11.8 Å². The van der Waals surface area contributed by atoms with Crippen LogP contribution in [0.15, 0.2) is 36.5 Å². The van der Waals surface area contributed by atoms with Crippen molar-refractivity contribution in [3.63, 3.8) is 0 Å². The first-order valence-electron chi connectivity index (χ1n) is 10.6. The Morgan fingerprint density at radius 2 is 1.67 bits per heavy atom. The number of nitrogens with zero attached hydrogens (tertiary/aromatic N) is 5. The van der Waals surface area contributed by atoms with Crippen LogP contribution in [0, 0.1) is 5.82 Å². The lowest BCUT2D eigenvalue weighted by molar-refractivity contribution is -0.122. The molecule has 1 aromatic heterocycles. The van der Waals surface area contributed by atoms with Crippen LogP contribution in [0.1, 0.15) is 32.7 Å². The molecule has 0 radical (unpaired) electrons. The molecule has 0 atom stereocenters. The number of benzene rings is 1. The van der Waals surface area contributed by atoms with Gasteiger partial charge in [0.05, 0.1) is 23.9 Å². The lowest BCUT2D eigenvalue weighted by Gasteiger charge is -2.35. The topological polar surface area (TPSA) is 106 Å². The Labute approximate surface area is 188 Å². The van der Waals surface area contributed by atoms with Crippen molar-refractivity contribution >= 4 is 29.6 Å². The molecule has 1 N–H and O–H groups in total. The van der Waals surface area contributed by atoms with Crippen LogP contribution in [-0.2, 0) is 11.3 Å². The predicted molar refractivity (Wildman–Crippen MR) is 113 cm³/mol. The first-order valence-corrected chi connectivity index (χ1v) is 10.6. The molecular weight excluding hydrogens is 431 g/mol. The minimum Gasteiger partial charge on any atom is -0.354 e. The van der Waals surface area contributed by atoms with E-state index in [4.69, 9.17) is 0 Å². The van der Waals surface area contributed by atoms with Gasteiger partial charge in [0.2, 0.25) is 5.91 Å². The molecule has 1 aromatic carbocycles. The Hall–Kier alpha value is -3.86. The Bertz CT molecular complexity index is 1150. The van der Waals surface area contributed by atoms with E-state index in [1.54, 1.807) is 24.3 Å². The van der Waals surface area contributed by atoms with Gasteiger partial charge in [0.1, 0.15) is 11.6 Å². The third kappa shape index (κ3) is 3.91. The quantitative estimate of drug-likeness (QED) is 0.690. The Morgan fingerprint density at radius 3 is 2.36 bits per heavy atom. The molecule has 2 fully saturated rings. The average molecular weight is 452 g/mol. The number of urea groups is 1. The number of piperazine rings is 1. The molecule has 4 heterocycles. The molecular formula is C22H21FN6O4. The molecule has 5 amide bonds. The van der Waals surface area contributed by atoms with E-state index in [0.29, 0.717) is 6.54 Å². The fraction of sp³-hybridized carbons (Fsp3) is 0.318.